The van der Waals surface area contributed by atoms with E-state index in [1.54, 1.807) is 0 Å². The number of aryl methyl sites for hydroxylation is 1. The zero-order valence-electron chi connectivity index (χ0n) is 16.4. The smallest absolute Gasteiger partial charge is 0.315 e. The van der Waals surface area contributed by atoms with Crippen molar-refractivity contribution in [3.05, 3.63) is 71.3 Å². The van der Waals surface area contributed by atoms with Crippen molar-refractivity contribution in [2.24, 2.45) is 0 Å². The zero-order valence-corrected chi connectivity index (χ0v) is 16.4. The van der Waals surface area contributed by atoms with E-state index in [9.17, 15) is 9.59 Å². The summed E-state index contributed by atoms with van der Waals surface area (Å²) >= 11 is 0. The molecule has 0 heterocycles. The molecule has 2 atom stereocenters. The molecule has 5 heteroatoms. The fourth-order valence-electron chi connectivity index (χ4n) is 3.62. The van der Waals surface area contributed by atoms with Crippen LogP contribution in [0.5, 0.6) is 0 Å². The van der Waals surface area contributed by atoms with Gasteiger partial charge in [-0.05, 0) is 30.9 Å². The molecule has 1 aliphatic rings. The molecule has 148 valence electrons. The molecule has 2 aromatic carbocycles. The molecule has 1 aliphatic carbocycles. The van der Waals surface area contributed by atoms with Crippen molar-refractivity contribution in [1.82, 2.24) is 16.0 Å². The lowest BCUT2D eigenvalue weighted by molar-refractivity contribution is -0.121. The molecule has 3 N–H and O–H groups in total. The van der Waals surface area contributed by atoms with Crippen LogP contribution in [0.2, 0.25) is 0 Å². The van der Waals surface area contributed by atoms with Crippen molar-refractivity contribution < 1.29 is 9.59 Å². The lowest BCUT2D eigenvalue weighted by Gasteiger charge is -2.32. The van der Waals surface area contributed by atoms with E-state index in [1.807, 2.05) is 61.5 Å². The fraction of sp³-hybridized carbons (Fsp3) is 0.391. The average Bonchev–Trinajstić information content (AvgIpc) is 2.70. The summed E-state index contributed by atoms with van der Waals surface area (Å²) in [6.07, 6.45) is 4.27. The standard InChI is InChI=1S/C23H29N3O2/c1-17-11-13-19(14-12-17)16-24-23(28)26-21-10-6-5-9-20(21)25-22(27)15-18-7-3-2-4-8-18/h2-4,7-8,11-14,20-21H,5-6,9-10,15-16H2,1H3,(H,25,27)(H2,24,26,28). The van der Waals surface area contributed by atoms with Gasteiger partial charge in [-0.1, -0.05) is 73.0 Å². The normalized spacial score (nSPS) is 18.9. The summed E-state index contributed by atoms with van der Waals surface area (Å²) in [4.78, 5) is 24.7. The monoisotopic (exact) mass is 379 g/mol. The molecule has 1 saturated carbocycles. The highest BCUT2D eigenvalue weighted by atomic mass is 16.2. The van der Waals surface area contributed by atoms with E-state index in [0.717, 1.165) is 36.8 Å². The summed E-state index contributed by atoms with van der Waals surface area (Å²) in [5.41, 5.74) is 3.26. The Bertz CT molecular complexity index is 774. The van der Waals surface area contributed by atoms with Gasteiger partial charge >= 0.3 is 6.03 Å². The predicted octanol–water partition coefficient (Wildman–Crippen LogP) is 3.46. The van der Waals surface area contributed by atoms with Gasteiger partial charge in [0, 0.05) is 12.6 Å². The van der Waals surface area contributed by atoms with Crippen LogP contribution in [0, 0.1) is 6.92 Å². The van der Waals surface area contributed by atoms with Crippen LogP contribution in [0.4, 0.5) is 4.79 Å². The lowest BCUT2D eigenvalue weighted by atomic mass is 9.90. The first-order chi connectivity index (χ1) is 13.6. The molecule has 2 unspecified atom stereocenters. The number of nitrogens with one attached hydrogen (secondary N) is 3. The van der Waals surface area contributed by atoms with Gasteiger partial charge < -0.3 is 16.0 Å². The first-order valence-electron chi connectivity index (χ1n) is 10.0. The summed E-state index contributed by atoms with van der Waals surface area (Å²) in [6.45, 7) is 2.53. The van der Waals surface area contributed by atoms with E-state index >= 15 is 0 Å². The van der Waals surface area contributed by atoms with Gasteiger partial charge in [-0.15, -0.1) is 0 Å². The van der Waals surface area contributed by atoms with Gasteiger partial charge in [-0.2, -0.15) is 0 Å². The summed E-state index contributed by atoms with van der Waals surface area (Å²) in [6, 6.07) is 17.6. The van der Waals surface area contributed by atoms with Crippen molar-refractivity contribution >= 4 is 11.9 Å². The molecule has 5 nitrogen and oxygen atoms in total. The second-order valence-electron chi connectivity index (χ2n) is 7.54. The Kier molecular flexibility index (Phi) is 7.06. The number of amides is 3. The minimum atomic E-state index is -0.185. The van der Waals surface area contributed by atoms with E-state index in [2.05, 4.69) is 16.0 Å². The Hall–Kier alpha value is -2.82. The van der Waals surface area contributed by atoms with E-state index in [0.29, 0.717) is 13.0 Å². The summed E-state index contributed by atoms with van der Waals surface area (Å²) in [7, 11) is 0. The Balaban J connectivity index is 1.48. The lowest BCUT2D eigenvalue weighted by Crippen LogP contribution is -2.55. The number of urea groups is 1. The van der Waals surface area contributed by atoms with Crippen molar-refractivity contribution in [3.8, 4) is 0 Å². The Labute approximate surface area is 166 Å². The van der Waals surface area contributed by atoms with Crippen LogP contribution >= 0.6 is 0 Å². The molecule has 2 aromatic rings. The highest BCUT2D eigenvalue weighted by Gasteiger charge is 2.27. The van der Waals surface area contributed by atoms with Crippen molar-refractivity contribution in [2.45, 2.75) is 57.7 Å². The first kappa shape index (κ1) is 19.9. The number of hydrogen-bond acceptors (Lipinski definition) is 2. The van der Waals surface area contributed by atoms with Gasteiger partial charge in [-0.3, -0.25) is 4.79 Å². The second-order valence-corrected chi connectivity index (χ2v) is 7.54. The highest BCUT2D eigenvalue weighted by Crippen LogP contribution is 2.19. The van der Waals surface area contributed by atoms with Crippen LogP contribution in [-0.2, 0) is 17.8 Å². The molecule has 3 amide bonds. The maximum Gasteiger partial charge on any atom is 0.315 e. The van der Waals surface area contributed by atoms with E-state index in [-0.39, 0.29) is 24.0 Å². The van der Waals surface area contributed by atoms with Gasteiger partial charge in [0.15, 0.2) is 0 Å². The van der Waals surface area contributed by atoms with Gasteiger partial charge in [0.2, 0.25) is 5.91 Å². The van der Waals surface area contributed by atoms with Crippen LogP contribution in [0.1, 0.15) is 42.4 Å². The second kappa shape index (κ2) is 9.93. The fourth-order valence-corrected chi connectivity index (χ4v) is 3.62. The van der Waals surface area contributed by atoms with Gasteiger partial charge in [0.1, 0.15) is 0 Å². The minimum Gasteiger partial charge on any atom is -0.351 e. The topological polar surface area (TPSA) is 70.2 Å². The van der Waals surface area contributed by atoms with Crippen molar-refractivity contribution in [3.63, 3.8) is 0 Å². The third kappa shape index (κ3) is 6.12. The summed E-state index contributed by atoms with van der Waals surface area (Å²) in [5.74, 6) is 0.00460. The van der Waals surface area contributed by atoms with Gasteiger partial charge in [0.05, 0.1) is 12.5 Å². The molecule has 0 bridgehead atoms. The van der Waals surface area contributed by atoms with Crippen LogP contribution < -0.4 is 16.0 Å². The van der Waals surface area contributed by atoms with Gasteiger partial charge in [-0.25, -0.2) is 4.79 Å². The molecule has 3 rings (SSSR count). The third-order valence-electron chi connectivity index (χ3n) is 5.21. The molecular weight excluding hydrogens is 350 g/mol. The van der Waals surface area contributed by atoms with E-state index < -0.39 is 0 Å². The summed E-state index contributed by atoms with van der Waals surface area (Å²) < 4.78 is 0. The average molecular weight is 380 g/mol. The van der Waals surface area contributed by atoms with E-state index in [1.165, 1.54) is 5.56 Å². The van der Waals surface area contributed by atoms with Crippen molar-refractivity contribution in [1.29, 1.82) is 0 Å². The zero-order chi connectivity index (χ0) is 19.8. The van der Waals surface area contributed by atoms with Gasteiger partial charge in [0.25, 0.3) is 0 Å². The maximum atomic E-state index is 12.4. The van der Waals surface area contributed by atoms with Crippen LogP contribution in [0.25, 0.3) is 0 Å². The van der Waals surface area contributed by atoms with Crippen LogP contribution in [-0.4, -0.2) is 24.0 Å². The number of rotatable bonds is 6. The van der Waals surface area contributed by atoms with Crippen LogP contribution in [0.3, 0.4) is 0 Å². The van der Waals surface area contributed by atoms with E-state index in [4.69, 9.17) is 0 Å². The minimum absolute atomic E-state index is 0.00460. The third-order valence-corrected chi connectivity index (χ3v) is 5.21. The Morgan fingerprint density at radius 1 is 0.857 bits per heavy atom. The number of carbonyl (C=O) groups excluding carboxylic acids is 2. The SMILES string of the molecule is Cc1ccc(CNC(=O)NC2CCCCC2NC(=O)Cc2ccccc2)cc1. The first-order valence-corrected chi connectivity index (χ1v) is 10.0. The molecule has 0 aromatic heterocycles. The maximum absolute atomic E-state index is 12.4. The number of hydrogen-bond donors (Lipinski definition) is 3. The molecule has 28 heavy (non-hydrogen) atoms. The highest BCUT2D eigenvalue weighted by molar-refractivity contribution is 5.79. The van der Waals surface area contributed by atoms with Crippen molar-refractivity contribution in [2.75, 3.05) is 0 Å². The number of benzene rings is 2. The molecular formula is C23H29N3O2. The summed E-state index contributed by atoms with van der Waals surface area (Å²) in [5, 5.41) is 9.09. The Morgan fingerprint density at radius 2 is 1.50 bits per heavy atom. The quantitative estimate of drug-likeness (QED) is 0.719. The number of carbonyl (C=O) groups is 2. The predicted molar refractivity (Wildman–Crippen MR) is 111 cm³/mol. The molecule has 0 radical (unpaired) electrons. The Morgan fingerprint density at radius 3 is 2.18 bits per heavy atom. The molecule has 1 fully saturated rings. The molecule has 0 aliphatic heterocycles. The van der Waals surface area contributed by atoms with Crippen LogP contribution in [0.15, 0.2) is 54.6 Å². The molecule has 0 saturated heterocycles. The largest absolute Gasteiger partial charge is 0.351 e. The molecule has 0 spiro atoms.